The number of nitrogens with one attached hydrogen (secondary N) is 1. The zero-order valence-corrected chi connectivity index (χ0v) is 24.5. The summed E-state index contributed by atoms with van der Waals surface area (Å²) < 4.78 is 26.9. The van der Waals surface area contributed by atoms with Gasteiger partial charge in [-0.25, -0.2) is 8.42 Å². The van der Waals surface area contributed by atoms with Crippen molar-refractivity contribution >= 4 is 27.5 Å². The highest BCUT2D eigenvalue weighted by Crippen LogP contribution is 2.26. The third-order valence-corrected chi connectivity index (χ3v) is 7.79. The van der Waals surface area contributed by atoms with E-state index in [1.807, 2.05) is 73.7 Å². The van der Waals surface area contributed by atoms with Crippen molar-refractivity contribution in [1.82, 2.24) is 10.2 Å². The lowest BCUT2D eigenvalue weighted by molar-refractivity contribution is -0.139. The fourth-order valence-electron chi connectivity index (χ4n) is 4.47. The minimum atomic E-state index is -3.80. The van der Waals surface area contributed by atoms with Crippen LogP contribution in [0.2, 0.25) is 0 Å². The van der Waals surface area contributed by atoms with E-state index in [0.29, 0.717) is 5.69 Å². The summed E-state index contributed by atoms with van der Waals surface area (Å²) in [5.74, 6) is -0.786. The van der Waals surface area contributed by atoms with E-state index in [1.165, 1.54) is 11.9 Å². The molecule has 0 bridgehead atoms. The summed E-state index contributed by atoms with van der Waals surface area (Å²) in [7, 11) is -2.26. The Hall–Kier alpha value is -3.65. The van der Waals surface area contributed by atoms with Gasteiger partial charge in [-0.2, -0.15) is 0 Å². The summed E-state index contributed by atoms with van der Waals surface area (Å²) in [5, 5.41) is 2.69. The van der Waals surface area contributed by atoms with Crippen LogP contribution in [0, 0.1) is 6.92 Å². The van der Waals surface area contributed by atoms with Crippen molar-refractivity contribution < 1.29 is 18.0 Å². The van der Waals surface area contributed by atoms with Crippen LogP contribution in [0.1, 0.15) is 43.0 Å². The standard InChI is InChI=1S/C31H39N3O4S/c1-23-11-10-14-25(19-23)21-33(28(30(36)32-5)20-24-12-8-7-9-13-24)29(35)22-34(39(6,37)38)27-17-15-26(16-18-27)31(2,3)4/h7-19,28H,20-22H2,1-6H3,(H,32,36)/t28-/m0/s1. The molecule has 0 unspecified atom stereocenters. The number of benzene rings is 3. The number of likely N-dealkylation sites (N-methyl/N-ethyl adjacent to an activating group) is 1. The highest BCUT2D eigenvalue weighted by Gasteiger charge is 2.32. The van der Waals surface area contributed by atoms with Crippen LogP contribution in [0.25, 0.3) is 0 Å². The highest BCUT2D eigenvalue weighted by molar-refractivity contribution is 7.92. The molecule has 0 fully saturated rings. The zero-order valence-electron chi connectivity index (χ0n) is 23.6. The van der Waals surface area contributed by atoms with Crippen LogP contribution in [-0.4, -0.2) is 51.0 Å². The average Bonchev–Trinajstić information content (AvgIpc) is 2.88. The topological polar surface area (TPSA) is 86.8 Å². The smallest absolute Gasteiger partial charge is 0.244 e. The van der Waals surface area contributed by atoms with Crippen molar-refractivity contribution in [3.8, 4) is 0 Å². The van der Waals surface area contributed by atoms with Gasteiger partial charge < -0.3 is 10.2 Å². The van der Waals surface area contributed by atoms with Crippen LogP contribution in [-0.2, 0) is 38.0 Å². The third-order valence-electron chi connectivity index (χ3n) is 6.65. The van der Waals surface area contributed by atoms with E-state index in [2.05, 4.69) is 26.1 Å². The lowest BCUT2D eigenvalue weighted by atomic mass is 9.87. The molecule has 0 heterocycles. The lowest BCUT2D eigenvalue weighted by Crippen LogP contribution is -2.52. The predicted octanol–water partition coefficient (Wildman–Crippen LogP) is 4.44. The second-order valence-corrected chi connectivity index (χ2v) is 12.8. The summed E-state index contributed by atoms with van der Waals surface area (Å²) in [6.07, 6.45) is 1.38. The number of carbonyl (C=O) groups excluding carboxylic acids is 2. The summed E-state index contributed by atoms with van der Waals surface area (Å²) in [6, 6.07) is 23.6. The highest BCUT2D eigenvalue weighted by atomic mass is 32.2. The first kappa shape index (κ1) is 29.9. The van der Waals surface area contributed by atoms with E-state index in [4.69, 9.17) is 0 Å². The normalized spacial score (nSPS) is 12.5. The van der Waals surface area contributed by atoms with Crippen molar-refractivity contribution in [3.05, 3.63) is 101 Å². The maximum absolute atomic E-state index is 14.0. The summed E-state index contributed by atoms with van der Waals surface area (Å²) >= 11 is 0. The Morgan fingerprint density at radius 3 is 2.05 bits per heavy atom. The number of sulfonamides is 1. The Morgan fingerprint density at radius 1 is 0.897 bits per heavy atom. The molecule has 8 heteroatoms. The van der Waals surface area contributed by atoms with Crippen LogP contribution in [0.15, 0.2) is 78.9 Å². The number of hydrogen-bond acceptors (Lipinski definition) is 4. The molecule has 0 radical (unpaired) electrons. The number of nitrogens with zero attached hydrogens (tertiary/aromatic N) is 2. The molecule has 208 valence electrons. The van der Waals surface area contributed by atoms with Crippen LogP contribution in [0.5, 0.6) is 0 Å². The van der Waals surface area contributed by atoms with Crippen LogP contribution in [0.3, 0.4) is 0 Å². The molecule has 0 saturated carbocycles. The number of rotatable bonds is 10. The van der Waals surface area contributed by atoms with E-state index in [9.17, 15) is 18.0 Å². The van der Waals surface area contributed by atoms with Crippen molar-refractivity contribution in [3.63, 3.8) is 0 Å². The van der Waals surface area contributed by atoms with Crippen molar-refractivity contribution in [2.24, 2.45) is 0 Å². The lowest BCUT2D eigenvalue weighted by Gasteiger charge is -2.33. The molecule has 0 spiro atoms. The van der Waals surface area contributed by atoms with Gasteiger partial charge in [0.05, 0.1) is 11.9 Å². The Bertz CT molecular complexity index is 1380. The van der Waals surface area contributed by atoms with Gasteiger partial charge in [0.25, 0.3) is 0 Å². The zero-order chi connectivity index (χ0) is 28.8. The average molecular weight is 550 g/mol. The second kappa shape index (κ2) is 12.5. The van der Waals surface area contributed by atoms with Crippen molar-refractivity contribution in [2.75, 3.05) is 24.2 Å². The fourth-order valence-corrected chi connectivity index (χ4v) is 5.32. The molecule has 3 aromatic rings. The molecule has 0 saturated heterocycles. The monoisotopic (exact) mass is 549 g/mol. The van der Waals surface area contributed by atoms with E-state index in [0.717, 1.165) is 32.8 Å². The molecule has 3 aromatic carbocycles. The van der Waals surface area contributed by atoms with Crippen LogP contribution in [0.4, 0.5) is 5.69 Å². The number of amides is 2. The molecule has 39 heavy (non-hydrogen) atoms. The van der Waals surface area contributed by atoms with Crippen molar-refractivity contribution in [2.45, 2.75) is 52.1 Å². The molecular weight excluding hydrogens is 510 g/mol. The molecule has 7 nitrogen and oxygen atoms in total. The molecule has 0 aliphatic rings. The minimum absolute atomic E-state index is 0.104. The molecule has 0 aliphatic carbocycles. The molecule has 3 rings (SSSR count). The minimum Gasteiger partial charge on any atom is -0.357 e. The van der Waals surface area contributed by atoms with Crippen LogP contribution >= 0.6 is 0 Å². The van der Waals surface area contributed by atoms with Crippen LogP contribution < -0.4 is 9.62 Å². The number of aryl methyl sites for hydroxylation is 1. The van der Waals surface area contributed by atoms with Gasteiger partial charge in [-0.1, -0.05) is 93.1 Å². The molecule has 0 aromatic heterocycles. The molecule has 2 amide bonds. The van der Waals surface area contributed by atoms with Gasteiger partial charge in [0, 0.05) is 20.0 Å². The van der Waals surface area contributed by atoms with Gasteiger partial charge in [-0.05, 0) is 41.2 Å². The Balaban J connectivity index is 2.02. The largest absolute Gasteiger partial charge is 0.357 e. The Morgan fingerprint density at radius 2 is 1.51 bits per heavy atom. The predicted molar refractivity (Wildman–Crippen MR) is 157 cm³/mol. The Kier molecular flexibility index (Phi) is 9.56. The molecular formula is C31H39N3O4S. The fraction of sp³-hybridized carbons (Fsp3) is 0.355. The van der Waals surface area contributed by atoms with Gasteiger partial charge in [-0.3, -0.25) is 13.9 Å². The maximum atomic E-state index is 14.0. The number of hydrogen-bond donors (Lipinski definition) is 1. The van der Waals surface area contributed by atoms with Gasteiger partial charge in [0.1, 0.15) is 12.6 Å². The second-order valence-electron chi connectivity index (χ2n) is 10.9. The van der Waals surface area contributed by atoms with Gasteiger partial charge in [-0.15, -0.1) is 0 Å². The summed E-state index contributed by atoms with van der Waals surface area (Å²) in [4.78, 5) is 28.6. The van der Waals surface area contributed by atoms with Gasteiger partial charge in [0.15, 0.2) is 0 Å². The van der Waals surface area contributed by atoms with E-state index in [-0.39, 0.29) is 24.3 Å². The van der Waals surface area contributed by atoms with E-state index in [1.54, 1.807) is 12.1 Å². The SMILES string of the molecule is CNC(=O)[C@H](Cc1ccccc1)N(Cc1cccc(C)c1)C(=O)CN(c1ccc(C(C)(C)C)cc1)S(C)(=O)=O. The first-order valence-electron chi connectivity index (χ1n) is 13.0. The first-order valence-corrected chi connectivity index (χ1v) is 14.8. The summed E-state index contributed by atoms with van der Waals surface area (Å²) in [6.45, 7) is 7.92. The number of carbonyl (C=O) groups is 2. The third kappa shape index (κ3) is 8.17. The Labute approximate surface area is 232 Å². The molecule has 1 N–H and O–H groups in total. The van der Waals surface area contributed by atoms with Crippen molar-refractivity contribution in [1.29, 1.82) is 0 Å². The summed E-state index contributed by atoms with van der Waals surface area (Å²) in [5.41, 5.74) is 4.11. The number of anilines is 1. The van der Waals surface area contributed by atoms with E-state index >= 15 is 0 Å². The van der Waals surface area contributed by atoms with Gasteiger partial charge in [0.2, 0.25) is 21.8 Å². The first-order chi connectivity index (χ1) is 18.3. The van der Waals surface area contributed by atoms with E-state index < -0.39 is 28.5 Å². The van der Waals surface area contributed by atoms with Gasteiger partial charge >= 0.3 is 0 Å². The molecule has 0 aliphatic heterocycles. The quantitative estimate of drug-likeness (QED) is 0.405. The maximum Gasteiger partial charge on any atom is 0.244 e. The molecule has 1 atom stereocenters.